The Hall–Kier alpha value is -2.08. The third-order valence-electron chi connectivity index (χ3n) is 4.77. The lowest BCUT2D eigenvalue weighted by atomic mass is 9.96. The van der Waals surface area contributed by atoms with Crippen LogP contribution in [0.4, 0.5) is 5.69 Å². The van der Waals surface area contributed by atoms with E-state index < -0.39 is 5.60 Å². The highest BCUT2D eigenvalue weighted by atomic mass is 35.5. The molecule has 0 bridgehead atoms. The first-order valence-electron chi connectivity index (χ1n) is 9.00. The first-order valence-corrected chi connectivity index (χ1v) is 9.38. The second-order valence-corrected chi connectivity index (χ2v) is 8.17. The van der Waals surface area contributed by atoms with Gasteiger partial charge in [0, 0.05) is 25.3 Å². The summed E-state index contributed by atoms with van der Waals surface area (Å²) in [5, 5.41) is 23.3. The molecule has 2 aromatic rings. The number of carbonyl (C=O) groups excluding carboxylic acids is 1. The number of β-amino-alcohol motifs (C(OH)–C–C–N with tert-alkyl or cyclic N) is 1. The number of benzene rings is 2. The fourth-order valence-electron chi connectivity index (χ4n) is 3.61. The number of aryl methyl sites for hydroxylation is 1. The molecule has 0 fully saturated rings. The van der Waals surface area contributed by atoms with E-state index in [1.165, 1.54) is 0 Å². The van der Waals surface area contributed by atoms with Crippen molar-refractivity contribution in [3.63, 3.8) is 0 Å². The zero-order chi connectivity index (χ0) is 19.8. The van der Waals surface area contributed by atoms with Crippen molar-refractivity contribution < 1.29 is 15.0 Å². The maximum absolute atomic E-state index is 12.8. The van der Waals surface area contributed by atoms with Crippen LogP contribution in [0, 0.1) is 6.92 Å². The number of aromatic hydroxyl groups is 1. The quantitative estimate of drug-likeness (QED) is 0.746. The van der Waals surface area contributed by atoms with Crippen LogP contribution in [-0.4, -0.2) is 39.7 Å². The summed E-state index contributed by atoms with van der Waals surface area (Å²) in [7, 11) is 0. The van der Waals surface area contributed by atoms with Gasteiger partial charge in [-0.3, -0.25) is 9.69 Å². The Morgan fingerprint density at radius 2 is 2.04 bits per heavy atom. The first-order chi connectivity index (χ1) is 12.7. The maximum atomic E-state index is 12.8. The van der Waals surface area contributed by atoms with Gasteiger partial charge >= 0.3 is 0 Å². The molecule has 1 aliphatic rings. The molecule has 6 heteroatoms. The number of aliphatic hydroxyl groups is 1. The Labute approximate surface area is 164 Å². The van der Waals surface area contributed by atoms with Crippen LogP contribution in [0.5, 0.6) is 5.75 Å². The summed E-state index contributed by atoms with van der Waals surface area (Å²) < 4.78 is 0. The molecule has 3 rings (SSSR count). The maximum Gasteiger partial charge on any atom is 0.259 e. The van der Waals surface area contributed by atoms with Crippen molar-refractivity contribution in [2.24, 2.45) is 0 Å². The third-order valence-corrected chi connectivity index (χ3v) is 5.07. The van der Waals surface area contributed by atoms with Crippen molar-refractivity contribution in [3.8, 4) is 5.75 Å². The Morgan fingerprint density at radius 1 is 1.30 bits per heavy atom. The summed E-state index contributed by atoms with van der Waals surface area (Å²) >= 11 is 5.96. The molecule has 0 atom stereocenters. The summed E-state index contributed by atoms with van der Waals surface area (Å²) in [5.41, 5.74) is 3.09. The molecule has 1 amide bonds. The topological polar surface area (TPSA) is 72.8 Å². The number of phenolic OH excluding ortho intramolecular Hbond substituents is 1. The average molecular weight is 389 g/mol. The van der Waals surface area contributed by atoms with Crippen LogP contribution in [-0.2, 0) is 13.0 Å². The zero-order valence-corrected chi connectivity index (χ0v) is 16.6. The molecule has 0 unspecified atom stereocenters. The van der Waals surface area contributed by atoms with Gasteiger partial charge in [0.25, 0.3) is 5.91 Å². The number of halogens is 1. The number of amides is 1. The standard InChI is InChI=1S/C21H25ClN2O3/c1-13-7-8-16(22)19(25)18(13)20(26)23-17-6-4-5-14-11-24(10-9-15(14)17)12-21(2,3)27/h4-8,25,27H,9-12H2,1-3H3,(H,23,26). The summed E-state index contributed by atoms with van der Waals surface area (Å²) in [6.45, 7) is 7.51. The Morgan fingerprint density at radius 3 is 2.74 bits per heavy atom. The van der Waals surface area contributed by atoms with Gasteiger partial charge in [-0.15, -0.1) is 0 Å². The van der Waals surface area contributed by atoms with Crippen LogP contribution in [0.3, 0.4) is 0 Å². The number of nitrogens with zero attached hydrogens (tertiary/aromatic N) is 1. The minimum absolute atomic E-state index is 0.156. The minimum Gasteiger partial charge on any atom is -0.506 e. The van der Waals surface area contributed by atoms with Crippen LogP contribution in [0.2, 0.25) is 5.02 Å². The van der Waals surface area contributed by atoms with Crippen LogP contribution < -0.4 is 5.32 Å². The Balaban J connectivity index is 1.83. The van der Waals surface area contributed by atoms with E-state index in [1.807, 2.05) is 18.2 Å². The van der Waals surface area contributed by atoms with Gasteiger partial charge in [-0.2, -0.15) is 0 Å². The molecule has 1 heterocycles. The molecule has 0 saturated heterocycles. The predicted octanol–water partition coefficient (Wildman–Crippen LogP) is 3.74. The van der Waals surface area contributed by atoms with Gasteiger partial charge in [-0.05, 0) is 56.0 Å². The number of nitrogens with one attached hydrogen (secondary N) is 1. The van der Waals surface area contributed by atoms with Crippen LogP contribution >= 0.6 is 11.6 Å². The second-order valence-electron chi connectivity index (χ2n) is 7.76. The molecule has 27 heavy (non-hydrogen) atoms. The monoisotopic (exact) mass is 388 g/mol. The molecule has 0 radical (unpaired) electrons. The molecule has 3 N–H and O–H groups in total. The van der Waals surface area contributed by atoms with E-state index in [0.29, 0.717) is 12.1 Å². The molecule has 0 aliphatic carbocycles. The number of fused-ring (bicyclic) bond motifs is 1. The SMILES string of the molecule is Cc1ccc(Cl)c(O)c1C(=O)Nc1cccc2c1CCN(CC(C)(C)O)C2. The molecule has 144 valence electrons. The van der Waals surface area contributed by atoms with Crippen molar-refractivity contribution >= 4 is 23.2 Å². The van der Waals surface area contributed by atoms with Gasteiger partial charge in [0.1, 0.15) is 5.75 Å². The molecular formula is C21H25ClN2O3. The van der Waals surface area contributed by atoms with Crippen molar-refractivity contribution in [1.82, 2.24) is 4.90 Å². The van der Waals surface area contributed by atoms with E-state index in [2.05, 4.69) is 10.2 Å². The Kier molecular flexibility index (Phi) is 5.47. The molecule has 5 nitrogen and oxygen atoms in total. The van der Waals surface area contributed by atoms with E-state index in [0.717, 1.165) is 36.3 Å². The number of rotatable bonds is 4. The van der Waals surface area contributed by atoms with Gasteiger partial charge < -0.3 is 15.5 Å². The molecule has 0 spiro atoms. The van der Waals surface area contributed by atoms with Gasteiger partial charge in [0.2, 0.25) is 0 Å². The molecule has 0 aromatic heterocycles. The highest BCUT2D eigenvalue weighted by Gasteiger charge is 2.25. The van der Waals surface area contributed by atoms with E-state index in [4.69, 9.17) is 11.6 Å². The van der Waals surface area contributed by atoms with Crippen LogP contribution in [0.25, 0.3) is 0 Å². The predicted molar refractivity (Wildman–Crippen MR) is 108 cm³/mol. The smallest absolute Gasteiger partial charge is 0.259 e. The lowest BCUT2D eigenvalue weighted by Gasteiger charge is -2.33. The van der Waals surface area contributed by atoms with E-state index in [-0.39, 0.29) is 22.2 Å². The van der Waals surface area contributed by atoms with Crippen molar-refractivity contribution in [1.29, 1.82) is 0 Å². The first kappa shape index (κ1) is 19.7. The van der Waals surface area contributed by atoms with Crippen molar-refractivity contribution in [2.75, 3.05) is 18.4 Å². The lowest BCUT2D eigenvalue weighted by molar-refractivity contribution is 0.0318. The summed E-state index contributed by atoms with van der Waals surface area (Å²) in [4.78, 5) is 15.0. The zero-order valence-electron chi connectivity index (χ0n) is 15.8. The number of carbonyl (C=O) groups is 1. The molecule has 2 aromatic carbocycles. The van der Waals surface area contributed by atoms with E-state index >= 15 is 0 Å². The second kappa shape index (κ2) is 7.50. The average Bonchev–Trinajstić information content (AvgIpc) is 2.57. The summed E-state index contributed by atoms with van der Waals surface area (Å²) in [6, 6.07) is 9.12. The highest BCUT2D eigenvalue weighted by molar-refractivity contribution is 6.32. The summed E-state index contributed by atoms with van der Waals surface area (Å²) in [6.07, 6.45) is 0.780. The molecule has 0 saturated carbocycles. The highest BCUT2D eigenvalue weighted by Crippen LogP contribution is 2.32. The largest absolute Gasteiger partial charge is 0.506 e. The number of anilines is 1. The van der Waals surface area contributed by atoms with Gasteiger partial charge in [0.05, 0.1) is 16.2 Å². The third kappa shape index (κ3) is 4.43. The number of phenols is 1. The molecular weight excluding hydrogens is 364 g/mol. The van der Waals surface area contributed by atoms with Crippen LogP contribution in [0.1, 0.15) is 40.9 Å². The minimum atomic E-state index is -0.745. The van der Waals surface area contributed by atoms with Crippen LogP contribution in [0.15, 0.2) is 30.3 Å². The van der Waals surface area contributed by atoms with Gasteiger partial charge in [0.15, 0.2) is 0 Å². The summed E-state index contributed by atoms with van der Waals surface area (Å²) in [5.74, 6) is -0.574. The lowest BCUT2D eigenvalue weighted by Crippen LogP contribution is -2.41. The number of hydrogen-bond acceptors (Lipinski definition) is 4. The van der Waals surface area contributed by atoms with E-state index in [1.54, 1.807) is 32.9 Å². The van der Waals surface area contributed by atoms with Crippen molar-refractivity contribution in [3.05, 3.63) is 57.6 Å². The van der Waals surface area contributed by atoms with Gasteiger partial charge in [-0.1, -0.05) is 29.8 Å². The normalized spacial score (nSPS) is 14.7. The Bertz CT molecular complexity index is 874. The van der Waals surface area contributed by atoms with Crippen molar-refractivity contribution in [2.45, 2.75) is 39.3 Å². The number of hydrogen-bond donors (Lipinski definition) is 3. The fourth-order valence-corrected chi connectivity index (χ4v) is 3.76. The fraction of sp³-hybridized carbons (Fsp3) is 0.381. The van der Waals surface area contributed by atoms with E-state index in [9.17, 15) is 15.0 Å². The van der Waals surface area contributed by atoms with Gasteiger partial charge in [-0.25, -0.2) is 0 Å². The molecule has 1 aliphatic heterocycles.